The standard InChI is InChI=1S/C13H17N5O/c1-9-3-4-11(14)10(7-9)13(19)15-6-5-12-16-8-18(2)17-12/h3-4,7-8H,5-6,14H2,1-2H3,(H,15,19). The Morgan fingerprint density at radius 1 is 1.47 bits per heavy atom. The molecule has 0 bridgehead atoms. The third-order valence-corrected chi connectivity index (χ3v) is 2.73. The van der Waals surface area contributed by atoms with Crippen LogP contribution in [0, 0.1) is 6.92 Å². The molecule has 0 aliphatic rings. The second-order valence-electron chi connectivity index (χ2n) is 4.43. The van der Waals surface area contributed by atoms with E-state index in [4.69, 9.17) is 5.73 Å². The molecule has 0 unspecified atom stereocenters. The topological polar surface area (TPSA) is 85.8 Å². The third-order valence-electron chi connectivity index (χ3n) is 2.73. The first kappa shape index (κ1) is 13.1. The SMILES string of the molecule is Cc1ccc(N)c(C(=O)NCCc2ncn(C)n2)c1. The molecule has 0 saturated heterocycles. The molecule has 1 aromatic heterocycles. The third kappa shape index (κ3) is 3.31. The molecular formula is C13H17N5O. The van der Waals surface area contributed by atoms with E-state index >= 15 is 0 Å². The van der Waals surface area contributed by atoms with E-state index in [0.717, 1.165) is 5.56 Å². The lowest BCUT2D eigenvalue weighted by Gasteiger charge is -2.07. The van der Waals surface area contributed by atoms with Crippen LogP contribution in [0.3, 0.4) is 0 Å². The number of nitrogens with zero attached hydrogens (tertiary/aromatic N) is 3. The second-order valence-corrected chi connectivity index (χ2v) is 4.43. The van der Waals surface area contributed by atoms with Gasteiger partial charge in [0.25, 0.3) is 5.91 Å². The van der Waals surface area contributed by atoms with Crippen molar-refractivity contribution in [3.05, 3.63) is 41.5 Å². The summed E-state index contributed by atoms with van der Waals surface area (Å²) in [7, 11) is 1.81. The highest BCUT2D eigenvalue weighted by atomic mass is 16.1. The normalized spacial score (nSPS) is 10.4. The Labute approximate surface area is 111 Å². The van der Waals surface area contributed by atoms with Crippen molar-refractivity contribution in [2.75, 3.05) is 12.3 Å². The fourth-order valence-corrected chi connectivity index (χ4v) is 1.75. The number of rotatable bonds is 4. The van der Waals surface area contributed by atoms with Crippen LogP contribution < -0.4 is 11.1 Å². The predicted molar refractivity (Wildman–Crippen MR) is 72.6 cm³/mol. The highest BCUT2D eigenvalue weighted by Crippen LogP contribution is 2.13. The Bertz CT molecular complexity index is 590. The number of carbonyl (C=O) groups is 1. The van der Waals surface area contributed by atoms with Gasteiger partial charge >= 0.3 is 0 Å². The minimum absolute atomic E-state index is 0.169. The van der Waals surface area contributed by atoms with Crippen LogP contribution in [0.2, 0.25) is 0 Å². The summed E-state index contributed by atoms with van der Waals surface area (Å²) >= 11 is 0. The fourth-order valence-electron chi connectivity index (χ4n) is 1.75. The lowest BCUT2D eigenvalue weighted by Crippen LogP contribution is -2.26. The predicted octanol–water partition coefficient (Wildman–Crippen LogP) is 0.678. The molecule has 2 aromatic rings. The van der Waals surface area contributed by atoms with Crippen molar-refractivity contribution >= 4 is 11.6 Å². The summed E-state index contributed by atoms with van der Waals surface area (Å²) in [4.78, 5) is 16.1. The van der Waals surface area contributed by atoms with Crippen LogP contribution in [0.5, 0.6) is 0 Å². The maximum atomic E-state index is 12.0. The summed E-state index contributed by atoms with van der Waals surface area (Å²) in [6.45, 7) is 2.41. The Morgan fingerprint density at radius 3 is 2.95 bits per heavy atom. The van der Waals surface area contributed by atoms with E-state index in [1.807, 2.05) is 20.0 Å². The molecule has 1 aromatic carbocycles. The molecule has 6 nitrogen and oxygen atoms in total. The highest BCUT2D eigenvalue weighted by molar-refractivity contribution is 5.99. The number of nitrogens with one attached hydrogen (secondary N) is 1. The van der Waals surface area contributed by atoms with Crippen molar-refractivity contribution in [3.63, 3.8) is 0 Å². The lowest BCUT2D eigenvalue weighted by molar-refractivity contribution is 0.0955. The van der Waals surface area contributed by atoms with Gasteiger partial charge in [0, 0.05) is 25.7 Å². The molecule has 1 heterocycles. The summed E-state index contributed by atoms with van der Waals surface area (Å²) in [6, 6.07) is 5.40. The van der Waals surface area contributed by atoms with E-state index in [2.05, 4.69) is 15.4 Å². The van der Waals surface area contributed by atoms with Gasteiger partial charge < -0.3 is 11.1 Å². The summed E-state index contributed by atoms with van der Waals surface area (Å²) in [5.41, 5.74) is 7.79. The van der Waals surface area contributed by atoms with Crippen molar-refractivity contribution < 1.29 is 4.79 Å². The van der Waals surface area contributed by atoms with Crippen LogP contribution in [0.1, 0.15) is 21.7 Å². The minimum atomic E-state index is -0.169. The van der Waals surface area contributed by atoms with Crippen molar-refractivity contribution in [1.29, 1.82) is 0 Å². The van der Waals surface area contributed by atoms with Gasteiger partial charge in [-0.3, -0.25) is 9.48 Å². The number of benzene rings is 1. The Kier molecular flexibility index (Phi) is 3.79. The molecular weight excluding hydrogens is 242 g/mol. The van der Waals surface area contributed by atoms with E-state index in [-0.39, 0.29) is 5.91 Å². The number of nitrogens with two attached hydrogens (primary N) is 1. The average molecular weight is 259 g/mol. The molecule has 0 saturated carbocycles. The Hall–Kier alpha value is -2.37. The number of carbonyl (C=O) groups excluding carboxylic acids is 1. The van der Waals surface area contributed by atoms with Crippen LogP contribution in [-0.2, 0) is 13.5 Å². The van der Waals surface area contributed by atoms with Crippen LogP contribution in [0.15, 0.2) is 24.5 Å². The maximum absolute atomic E-state index is 12.0. The number of hydrogen-bond acceptors (Lipinski definition) is 4. The summed E-state index contributed by atoms with van der Waals surface area (Å²) in [6.07, 6.45) is 2.23. The Balaban J connectivity index is 1.92. The molecule has 3 N–H and O–H groups in total. The van der Waals surface area contributed by atoms with E-state index in [0.29, 0.717) is 30.0 Å². The molecule has 0 aliphatic heterocycles. The smallest absolute Gasteiger partial charge is 0.253 e. The zero-order valence-electron chi connectivity index (χ0n) is 11.1. The van der Waals surface area contributed by atoms with Crippen LogP contribution in [0.4, 0.5) is 5.69 Å². The minimum Gasteiger partial charge on any atom is -0.398 e. The average Bonchev–Trinajstić information content (AvgIpc) is 2.78. The largest absolute Gasteiger partial charge is 0.398 e. The maximum Gasteiger partial charge on any atom is 0.253 e. The number of anilines is 1. The number of hydrogen-bond donors (Lipinski definition) is 2. The van der Waals surface area contributed by atoms with E-state index in [1.165, 1.54) is 0 Å². The van der Waals surface area contributed by atoms with E-state index in [1.54, 1.807) is 23.1 Å². The Morgan fingerprint density at radius 2 is 2.26 bits per heavy atom. The second kappa shape index (κ2) is 5.51. The summed E-state index contributed by atoms with van der Waals surface area (Å²) < 4.78 is 1.63. The van der Waals surface area contributed by atoms with Crippen molar-refractivity contribution in [2.45, 2.75) is 13.3 Å². The van der Waals surface area contributed by atoms with Gasteiger partial charge in [-0.25, -0.2) is 4.98 Å². The first-order chi connectivity index (χ1) is 9.06. The van der Waals surface area contributed by atoms with Gasteiger partial charge in [0.1, 0.15) is 6.33 Å². The lowest BCUT2D eigenvalue weighted by atomic mass is 10.1. The monoisotopic (exact) mass is 259 g/mol. The highest BCUT2D eigenvalue weighted by Gasteiger charge is 2.09. The van der Waals surface area contributed by atoms with Crippen molar-refractivity contribution in [3.8, 4) is 0 Å². The van der Waals surface area contributed by atoms with Gasteiger partial charge in [-0.2, -0.15) is 5.10 Å². The molecule has 0 spiro atoms. The van der Waals surface area contributed by atoms with Gasteiger partial charge in [-0.05, 0) is 19.1 Å². The molecule has 0 radical (unpaired) electrons. The molecule has 100 valence electrons. The molecule has 0 fully saturated rings. The molecule has 0 aliphatic carbocycles. The number of aromatic nitrogens is 3. The van der Waals surface area contributed by atoms with Crippen molar-refractivity contribution in [1.82, 2.24) is 20.1 Å². The summed E-state index contributed by atoms with van der Waals surface area (Å²) in [5.74, 6) is 0.539. The number of nitrogen functional groups attached to an aromatic ring is 1. The van der Waals surface area contributed by atoms with Crippen LogP contribution in [0.25, 0.3) is 0 Å². The quantitative estimate of drug-likeness (QED) is 0.790. The number of amides is 1. The fraction of sp³-hybridized carbons (Fsp3) is 0.308. The zero-order chi connectivity index (χ0) is 13.8. The zero-order valence-corrected chi connectivity index (χ0v) is 11.1. The van der Waals surface area contributed by atoms with Gasteiger partial charge in [-0.1, -0.05) is 11.6 Å². The van der Waals surface area contributed by atoms with Crippen LogP contribution in [-0.4, -0.2) is 27.2 Å². The molecule has 6 heteroatoms. The van der Waals surface area contributed by atoms with Crippen molar-refractivity contribution in [2.24, 2.45) is 7.05 Å². The molecule has 1 amide bonds. The van der Waals surface area contributed by atoms with Gasteiger partial charge in [-0.15, -0.1) is 0 Å². The number of aryl methyl sites for hydroxylation is 2. The molecule has 0 atom stereocenters. The van der Waals surface area contributed by atoms with E-state index < -0.39 is 0 Å². The first-order valence-corrected chi connectivity index (χ1v) is 6.05. The molecule has 2 rings (SSSR count). The first-order valence-electron chi connectivity index (χ1n) is 6.05. The van der Waals surface area contributed by atoms with Gasteiger partial charge in [0.15, 0.2) is 5.82 Å². The summed E-state index contributed by atoms with van der Waals surface area (Å²) in [5, 5.41) is 6.96. The van der Waals surface area contributed by atoms with Gasteiger partial charge in [0.2, 0.25) is 0 Å². The molecule has 19 heavy (non-hydrogen) atoms. The van der Waals surface area contributed by atoms with Crippen LogP contribution >= 0.6 is 0 Å². The van der Waals surface area contributed by atoms with E-state index in [9.17, 15) is 4.79 Å². The van der Waals surface area contributed by atoms with Gasteiger partial charge in [0.05, 0.1) is 5.56 Å².